The number of aromatic carboxylic acids is 1. The van der Waals surface area contributed by atoms with Crippen molar-refractivity contribution in [2.24, 2.45) is 0 Å². The largest absolute Gasteiger partial charge is 0.478 e. The van der Waals surface area contributed by atoms with E-state index < -0.39 is 29.6 Å². The van der Waals surface area contributed by atoms with Gasteiger partial charge in [-0.05, 0) is 367 Å². The molecule has 2 heterocycles. The van der Waals surface area contributed by atoms with E-state index >= 15 is 19.2 Å². The third-order valence-electron chi connectivity index (χ3n) is 31.7. The minimum absolute atomic E-state index is 0.0742. The standard InChI is InChI=1S/C134H110N2O12/c1-66(2)96-57-78(130(142)143)58-97(67(3)4)124(96)135-126(138)104-61-108(145-83-33-25-79(26-34-83)131(9,10)11)118-92-45-41-88-100-53-74-49-70-21-23-72-51-76-55-102-90-43-47-94-115-95(48-44-91(113(90)115)103(102)56-77(76)52-73(72)24-22-71(70)50-75(74)54-101(100)89-42-46-93(114(92)112(88)89)119-109(62-105(127(135)139)116(104)122(118)119)146-84-35-27-80(28-36-84)132(12,13)14)121-111(148-86-39-31-82(32-40-86)134(18,19)20)64-107-117-106(63-110(120(94)123(117)121)147-85-37-29-81(30-38-85)133(15,16)17)128(140)136(129(107)141)125-98(68(5)6)59-87(144-65-137)60-99(125)69(7)8/h21-69H,1-20H3,(H,142,143). The molecule has 20 aromatic rings. The van der Waals surface area contributed by atoms with Gasteiger partial charge in [0.15, 0.2) is 0 Å². The van der Waals surface area contributed by atoms with Crippen LogP contribution in [0.2, 0.25) is 0 Å². The molecule has 2 aliphatic heterocycles. The van der Waals surface area contributed by atoms with Gasteiger partial charge in [0.05, 0.1) is 39.2 Å². The van der Waals surface area contributed by atoms with Crippen LogP contribution in [-0.4, -0.2) is 41.2 Å². The van der Waals surface area contributed by atoms with Crippen LogP contribution in [0.25, 0.3) is 177 Å². The second-order valence-electron chi connectivity index (χ2n) is 46.4. The van der Waals surface area contributed by atoms with Gasteiger partial charge in [0, 0.05) is 43.1 Å². The monoisotopic (exact) mass is 1940 g/mol. The van der Waals surface area contributed by atoms with Crippen LogP contribution in [0, 0.1) is 0 Å². The summed E-state index contributed by atoms with van der Waals surface area (Å²) in [5.74, 6) is 0.0446. The Balaban J connectivity index is 0.628. The number of rotatable bonds is 17. The van der Waals surface area contributed by atoms with Crippen LogP contribution in [0.1, 0.15) is 281 Å². The zero-order chi connectivity index (χ0) is 103. The van der Waals surface area contributed by atoms with Crippen LogP contribution in [0.4, 0.5) is 11.4 Å². The summed E-state index contributed by atoms with van der Waals surface area (Å²) < 4.78 is 35.0. The molecule has 20 aromatic carbocycles. The second-order valence-corrected chi connectivity index (χ2v) is 46.4. The maximum absolute atomic E-state index is 16.4. The van der Waals surface area contributed by atoms with Crippen molar-refractivity contribution in [1.29, 1.82) is 0 Å². The van der Waals surface area contributed by atoms with Gasteiger partial charge in [-0.15, -0.1) is 0 Å². The van der Waals surface area contributed by atoms with Crippen LogP contribution < -0.4 is 33.5 Å². The second kappa shape index (κ2) is 32.7. The van der Waals surface area contributed by atoms with Crippen LogP contribution >= 0.6 is 0 Å². The number of hydrogen-bond acceptors (Lipinski definition) is 11. The minimum atomic E-state index is -1.10. The van der Waals surface area contributed by atoms with Gasteiger partial charge >= 0.3 is 5.97 Å². The number of carbonyl (C=O) groups excluding carboxylic acids is 5. The third kappa shape index (κ3) is 14.1. The Kier molecular flexibility index (Phi) is 20.5. The van der Waals surface area contributed by atoms with Crippen molar-refractivity contribution in [3.05, 3.63) is 337 Å². The van der Waals surface area contributed by atoms with Gasteiger partial charge in [-0.25, -0.2) is 14.6 Å². The summed E-state index contributed by atoms with van der Waals surface area (Å²) >= 11 is 0. The molecule has 4 amide bonds. The summed E-state index contributed by atoms with van der Waals surface area (Å²) in [5.41, 5.74) is 21.3. The minimum Gasteiger partial charge on any atom is -0.478 e. The highest BCUT2D eigenvalue weighted by atomic mass is 16.5. The summed E-state index contributed by atoms with van der Waals surface area (Å²) in [5, 5.41) is 27.7. The molecule has 728 valence electrons. The van der Waals surface area contributed by atoms with E-state index in [1.807, 2.05) is 128 Å². The van der Waals surface area contributed by atoms with Crippen molar-refractivity contribution in [2.45, 2.75) is 184 Å². The van der Waals surface area contributed by atoms with E-state index in [2.05, 4.69) is 253 Å². The first kappa shape index (κ1) is 92.5. The third-order valence-corrected chi connectivity index (χ3v) is 31.7. The molecule has 14 heteroatoms. The van der Waals surface area contributed by atoms with E-state index in [0.717, 1.165) is 164 Å². The normalized spacial score (nSPS) is 13.8. The number of hydrogen-bond donors (Lipinski definition) is 1. The summed E-state index contributed by atoms with van der Waals surface area (Å²) in [6.45, 7) is 42.4. The Hall–Kier alpha value is -16.6. The van der Waals surface area contributed by atoms with E-state index in [4.69, 9.17) is 23.7 Å². The summed E-state index contributed by atoms with van der Waals surface area (Å²) in [4.78, 5) is 93.1. The lowest BCUT2D eigenvalue weighted by Crippen LogP contribution is -2.42. The Morgan fingerprint density at radius 2 is 0.500 bits per heavy atom. The fourth-order valence-corrected chi connectivity index (χ4v) is 24.1. The van der Waals surface area contributed by atoms with Gasteiger partial charge in [-0.3, -0.25) is 24.0 Å². The van der Waals surface area contributed by atoms with Gasteiger partial charge in [-0.1, -0.05) is 260 Å². The van der Waals surface area contributed by atoms with Crippen LogP contribution in [-0.2, 0) is 26.5 Å². The first-order valence-corrected chi connectivity index (χ1v) is 51.4. The average Bonchev–Trinajstić information content (AvgIpc) is 1.22. The lowest BCUT2D eigenvalue weighted by Gasteiger charge is -2.34. The fraction of sp³-hybridized carbons (Fsp3) is 0.209. The van der Waals surface area contributed by atoms with Gasteiger partial charge in [0.25, 0.3) is 30.1 Å². The first-order valence-electron chi connectivity index (χ1n) is 51.4. The maximum Gasteiger partial charge on any atom is 0.335 e. The number of nitrogens with zero attached hydrogens (tertiary/aromatic N) is 2. The molecule has 148 heavy (non-hydrogen) atoms. The molecule has 0 saturated carbocycles. The molecule has 0 spiro atoms. The zero-order valence-corrected chi connectivity index (χ0v) is 86.6. The van der Waals surface area contributed by atoms with E-state index in [0.29, 0.717) is 135 Å². The van der Waals surface area contributed by atoms with Gasteiger partial charge in [-0.2, -0.15) is 0 Å². The number of fused-ring (bicyclic) bond motifs is 14. The predicted octanol–water partition coefficient (Wildman–Crippen LogP) is 35.7. The maximum atomic E-state index is 16.4. The summed E-state index contributed by atoms with van der Waals surface area (Å²) in [6.07, 6.45) is 9.00. The first-order chi connectivity index (χ1) is 70.6. The number of imide groups is 2. The molecule has 0 aromatic heterocycles. The van der Waals surface area contributed by atoms with Gasteiger partial charge in [0.1, 0.15) is 51.7 Å². The quantitative estimate of drug-likeness (QED) is 0.0396. The van der Waals surface area contributed by atoms with Crippen LogP contribution in [0.3, 0.4) is 0 Å². The molecule has 0 saturated heterocycles. The van der Waals surface area contributed by atoms with E-state index in [-0.39, 0.29) is 62.0 Å². The molecule has 0 radical (unpaired) electrons. The molecule has 5 aliphatic rings. The van der Waals surface area contributed by atoms with E-state index in [9.17, 15) is 14.7 Å². The fourth-order valence-electron chi connectivity index (χ4n) is 24.1. The number of carboxylic acid groups (broad SMARTS) is 1. The predicted molar refractivity (Wildman–Crippen MR) is 603 cm³/mol. The number of carboxylic acids is 1. The molecule has 1 N–H and O–H groups in total. The SMILES string of the molecule is CC(C)c1cc(OC=O)cc(C(C)C)c1N1C(=O)c2cc(Oc3ccc(C(C)(C)C)cc3)c3c4ccc5c6c(ccc(c7c(Oc8ccc(C(C)(C)C)cc8)cc(c2c37)C1=O)c64)-c1cc2cc3c(cc2cc1-5)C=Cc1cc2cc4c(cc2cc1C=C3)-c1ccc2c3c(Oc5ccc(C(C)(C)C)cc5)cc5c6c(cc(Oc7ccc(C(C)(C)C)cc7)c(c7ccc-4c1c72)c63)C(=O)N(c1c(C(C)C)cc(C(=O)O)cc1C(C)C)C5=O. The molecule has 0 atom stereocenters. The Bertz CT molecular complexity index is 8880. The Morgan fingerprint density at radius 1 is 0.264 bits per heavy atom. The molecule has 0 fully saturated rings. The highest BCUT2D eigenvalue weighted by Gasteiger charge is 2.45. The smallest absolute Gasteiger partial charge is 0.335 e. The number of amides is 4. The molecule has 0 bridgehead atoms. The average molecular weight is 1940 g/mol. The van der Waals surface area contributed by atoms with Crippen LogP contribution in [0.15, 0.2) is 243 Å². The summed E-state index contributed by atoms with van der Waals surface area (Å²) in [6, 6.07) is 83.0. The van der Waals surface area contributed by atoms with Crippen molar-refractivity contribution in [3.63, 3.8) is 0 Å². The number of anilines is 2. The molecule has 0 unspecified atom stereocenters. The molecular formula is C134H110N2O12. The van der Waals surface area contributed by atoms with E-state index in [1.54, 1.807) is 24.3 Å². The topological polar surface area (TPSA) is 175 Å². The lowest BCUT2D eigenvalue weighted by molar-refractivity contribution is -0.120. The Morgan fingerprint density at radius 3 is 0.723 bits per heavy atom. The van der Waals surface area contributed by atoms with Crippen molar-refractivity contribution in [1.82, 2.24) is 0 Å². The number of ether oxygens (including phenoxy) is 5. The van der Waals surface area contributed by atoms with Crippen molar-refractivity contribution in [2.75, 3.05) is 9.80 Å². The van der Waals surface area contributed by atoms with Gasteiger partial charge in [0.2, 0.25) is 0 Å². The molecule has 14 nitrogen and oxygen atoms in total. The highest BCUT2D eigenvalue weighted by Crippen LogP contribution is 2.62. The molecular weight excluding hydrogens is 1830 g/mol. The summed E-state index contributed by atoms with van der Waals surface area (Å²) in [7, 11) is 0. The number of benzene rings is 20. The highest BCUT2D eigenvalue weighted by molar-refractivity contribution is 6.48. The Labute approximate surface area is 858 Å². The van der Waals surface area contributed by atoms with Crippen LogP contribution in [0.5, 0.6) is 51.7 Å². The van der Waals surface area contributed by atoms with Crippen molar-refractivity contribution < 1.29 is 57.6 Å². The van der Waals surface area contributed by atoms with Crippen molar-refractivity contribution in [3.8, 4) is 96.3 Å². The zero-order valence-electron chi connectivity index (χ0n) is 86.6. The molecule has 25 rings (SSSR count). The molecule has 3 aliphatic carbocycles. The van der Waals surface area contributed by atoms with Crippen molar-refractivity contribution >= 4 is 179 Å². The van der Waals surface area contributed by atoms with E-state index in [1.165, 1.54) is 9.80 Å². The lowest BCUT2D eigenvalue weighted by atomic mass is 9.82. The number of carbonyl (C=O) groups is 6. The van der Waals surface area contributed by atoms with Gasteiger partial charge < -0.3 is 28.8 Å².